The smallest absolute Gasteiger partial charge is 0.224 e. The van der Waals surface area contributed by atoms with E-state index in [0.29, 0.717) is 49.2 Å². The van der Waals surface area contributed by atoms with E-state index < -0.39 is 11.6 Å². The number of aliphatic hydroxyl groups is 1. The molecular formula is C24H28ClF2N7O2. The number of aromatic nitrogens is 4. The Labute approximate surface area is 211 Å². The molecule has 0 saturated heterocycles. The van der Waals surface area contributed by atoms with E-state index in [1.807, 2.05) is 4.57 Å². The van der Waals surface area contributed by atoms with Crippen LogP contribution in [0.4, 0.5) is 26.4 Å². The van der Waals surface area contributed by atoms with E-state index in [1.54, 1.807) is 6.20 Å². The third kappa shape index (κ3) is 5.08. The molecule has 3 aromatic rings. The van der Waals surface area contributed by atoms with Crippen molar-refractivity contribution in [1.29, 1.82) is 0 Å². The van der Waals surface area contributed by atoms with Crippen molar-refractivity contribution in [2.45, 2.75) is 69.6 Å². The first-order chi connectivity index (χ1) is 17.3. The summed E-state index contributed by atoms with van der Waals surface area (Å²) in [6, 6.07) is 1.98. The standard InChI is InChI=1S/C24H28ClF2N7O2/c25-13-8-17(26)20(18(27)9-13)32-24-31-19-11-29-23(30-14-2-1-3-16(35)10-14)33-22(19)34(24)15-6-4-12(5-7-15)21(28)36/h8-9,11-12,14-16,35H,1-7,10H2,(H2,28,36)(H,31,32)(H,29,30,33)/t12-,14-,15+,16-/m0/s1. The van der Waals surface area contributed by atoms with E-state index in [1.165, 1.54) is 0 Å². The molecule has 12 heteroatoms. The van der Waals surface area contributed by atoms with E-state index in [9.17, 15) is 18.7 Å². The zero-order valence-corrected chi connectivity index (χ0v) is 20.3. The summed E-state index contributed by atoms with van der Waals surface area (Å²) in [6.45, 7) is 0. The molecule has 192 valence electrons. The summed E-state index contributed by atoms with van der Waals surface area (Å²) in [5.74, 6) is -1.61. The zero-order valence-electron chi connectivity index (χ0n) is 19.6. The number of hydrogen-bond acceptors (Lipinski definition) is 7. The van der Waals surface area contributed by atoms with Crippen LogP contribution in [0, 0.1) is 17.6 Å². The minimum atomic E-state index is -0.847. The zero-order chi connectivity index (χ0) is 25.4. The van der Waals surface area contributed by atoms with Crippen LogP contribution in [0.3, 0.4) is 0 Å². The maximum atomic E-state index is 14.6. The van der Waals surface area contributed by atoms with Crippen molar-refractivity contribution in [2.75, 3.05) is 10.6 Å². The van der Waals surface area contributed by atoms with Gasteiger partial charge in [-0.05, 0) is 63.5 Å². The number of benzene rings is 1. The summed E-state index contributed by atoms with van der Waals surface area (Å²) in [4.78, 5) is 25.3. The lowest BCUT2D eigenvalue weighted by Crippen LogP contribution is -2.30. The number of aliphatic hydroxyl groups excluding tert-OH is 1. The highest BCUT2D eigenvalue weighted by atomic mass is 35.5. The Morgan fingerprint density at radius 1 is 1.11 bits per heavy atom. The number of carbonyl (C=O) groups excluding carboxylic acids is 1. The molecule has 1 amide bonds. The van der Waals surface area contributed by atoms with Crippen LogP contribution >= 0.6 is 11.6 Å². The van der Waals surface area contributed by atoms with Crippen LogP contribution in [0.15, 0.2) is 18.3 Å². The molecule has 2 saturated carbocycles. The Hall–Kier alpha value is -3.05. The Morgan fingerprint density at radius 2 is 1.83 bits per heavy atom. The molecule has 36 heavy (non-hydrogen) atoms. The van der Waals surface area contributed by atoms with E-state index in [0.717, 1.165) is 31.4 Å². The molecule has 0 radical (unpaired) electrons. The fourth-order valence-corrected chi connectivity index (χ4v) is 5.46. The molecule has 0 spiro atoms. The molecule has 1 aromatic carbocycles. The van der Waals surface area contributed by atoms with Gasteiger partial charge in [-0.25, -0.2) is 18.7 Å². The number of nitrogens with zero attached hydrogens (tertiary/aromatic N) is 4. The molecule has 2 aliphatic rings. The number of anilines is 3. The highest BCUT2D eigenvalue weighted by Gasteiger charge is 2.30. The number of imidazole rings is 1. The van der Waals surface area contributed by atoms with Gasteiger partial charge in [-0.3, -0.25) is 9.36 Å². The lowest BCUT2D eigenvalue weighted by Gasteiger charge is -2.29. The minimum Gasteiger partial charge on any atom is -0.393 e. The van der Waals surface area contributed by atoms with Gasteiger partial charge in [0.05, 0.1) is 12.3 Å². The van der Waals surface area contributed by atoms with Gasteiger partial charge >= 0.3 is 0 Å². The number of fused-ring (bicyclic) bond motifs is 1. The highest BCUT2D eigenvalue weighted by Crippen LogP contribution is 2.38. The Balaban J connectivity index is 1.51. The normalized spacial score (nSPS) is 24.6. The van der Waals surface area contributed by atoms with Gasteiger partial charge in [0.25, 0.3) is 0 Å². The van der Waals surface area contributed by atoms with Crippen molar-refractivity contribution in [3.05, 3.63) is 35.0 Å². The maximum Gasteiger partial charge on any atom is 0.224 e. The van der Waals surface area contributed by atoms with Gasteiger partial charge in [0.2, 0.25) is 17.8 Å². The monoisotopic (exact) mass is 519 g/mol. The van der Waals surface area contributed by atoms with Crippen molar-refractivity contribution in [3.8, 4) is 0 Å². The van der Waals surface area contributed by atoms with Crippen molar-refractivity contribution >= 4 is 46.3 Å². The molecular weight excluding hydrogens is 492 g/mol. The molecule has 2 aliphatic carbocycles. The van der Waals surface area contributed by atoms with E-state index in [-0.39, 0.29) is 46.7 Å². The van der Waals surface area contributed by atoms with Crippen LogP contribution in [0.1, 0.15) is 57.4 Å². The van der Waals surface area contributed by atoms with E-state index >= 15 is 0 Å². The van der Waals surface area contributed by atoms with Gasteiger partial charge in [0, 0.05) is 23.0 Å². The molecule has 5 N–H and O–H groups in total. The summed E-state index contributed by atoms with van der Waals surface area (Å²) in [7, 11) is 0. The molecule has 0 aliphatic heterocycles. The lowest BCUT2D eigenvalue weighted by molar-refractivity contribution is -0.122. The molecule has 5 rings (SSSR count). The third-order valence-corrected chi connectivity index (χ3v) is 7.34. The number of rotatable bonds is 6. The van der Waals surface area contributed by atoms with Crippen LogP contribution < -0.4 is 16.4 Å². The molecule has 0 unspecified atom stereocenters. The van der Waals surface area contributed by atoms with Gasteiger partial charge in [0.1, 0.15) is 11.2 Å². The first-order valence-electron chi connectivity index (χ1n) is 12.2. The number of halogens is 3. The topological polar surface area (TPSA) is 131 Å². The number of nitrogens with two attached hydrogens (primary N) is 1. The van der Waals surface area contributed by atoms with Crippen molar-refractivity contribution in [1.82, 2.24) is 19.5 Å². The Morgan fingerprint density at radius 3 is 2.50 bits per heavy atom. The van der Waals surface area contributed by atoms with Crippen molar-refractivity contribution < 1.29 is 18.7 Å². The Kier molecular flexibility index (Phi) is 6.94. The summed E-state index contributed by atoms with van der Waals surface area (Å²) in [6.07, 6.45) is 6.86. The molecule has 2 aromatic heterocycles. The van der Waals surface area contributed by atoms with Crippen LogP contribution in [0.25, 0.3) is 11.2 Å². The summed E-state index contributed by atoms with van der Waals surface area (Å²) in [5, 5.41) is 16.0. The van der Waals surface area contributed by atoms with Crippen LogP contribution in [-0.4, -0.2) is 42.7 Å². The molecule has 2 heterocycles. The predicted octanol–water partition coefficient (Wildman–Crippen LogP) is 4.43. The fraction of sp³-hybridized carbons (Fsp3) is 0.500. The van der Waals surface area contributed by atoms with Gasteiger partial charge in [-0.2, -0.15) is 4.98 Å². The van der Waals surface area contributed by atoms with Gasteiger partial charge in [-0.1, -0.05) is 11.6 Å². The van der Waals surface area contributed by atoms with Crippen molar-refractivity contribution in [2.24, 2.45) is 11.7 Å². The number of nitrogens with one attached hydrogen (secondary N) is 2. The van der Waals surface area contributed by atoms with Crippen LogP contribution in [0.5, 0.6) is 0 Å². The quantitative estimate of drug-likeness (QED) is 0.379. The minimum absolute atomic E-state index is 0.0448. The number of hydrogen-bond donors (Lipinski definition) is 4. The van der Waals surface area contributed by atoms with E-state index in [2.05, 4.69) is 20.6 Å². The number of amides is 1. The summed E-state index contributed by atoms with van der Waals surface area (Å²) >= 11 is 5.78. The molecule has 2 atom stereocenters. The average molecular weight is 520 g/mol. The second-order valence-electron chi connectivity index (χ2n) is 9.65. The second-order valence-corrected chi connectivity index (χ2v) is 10.1. The lowest BCUT2D eigenvalue weighted by atomic mass is 9.85. The first-order valence-corrected chi connectivity index (χ1v) is 12.6. The summed E-state index contributed by atoms with van der Waals surface area (Å²) in [5.41, 5.74) is 6.10. The number of primary amides is 1. The van der Waals surface area contributed by atoms with E-state index in [4.69, 9.17) is 22.3 Å². The molecule has 0 bridgehead atoms. The summed E-state index contributed by atoms with van der Waals surface area (Å²) < 4.78 is 31.0. The number of carbonyl (C=O) groups is 1. The van der Waals surface area contributed by atoms with Crippen LogP contribution in [0.2, 0.25) is 5.02 Å². The van der Waals surface area contributed by atoms with Gasteiger partial charge in [0.15, 0.2) is 17.3 Å². The first kappa shape index (κ1) is 24.6. The highest BCUT2D eigenvalue weighted by molar-refractivity contribution is 6.30. The second kappa shape index (κ2) is 10.1. The Bertz CT molecular complexity index is 1260. The third-order valence-electron chi connectivity index (χ3n) is 7.12. The van der Waals surface area contributed by atoms with Gasteiger partial charge < -0.3 is 21.5 Å². The van der Waals surface area contributed by atoms with Crippen LogP contribution in [-0.2, 0) is 4.79 Å². The molecule has 9 nitrogen and oxygen atoms in total. The average Bonchev–Trinajstić information content (AvgIpc) is 3.18. The predicted molar refractivity (Wildman–Crippen MR) is 132 cm³/mol. The fourth-order valence-electron chi connectivity index (χ4n) is 5.26. The largest absolute Gasteiger partial charge is 0.393 e. The maximum absolute atomic E-state index is 14.6. The SMILES string of the molecule is NC(=O)[C@H]1CC[C@@H](n2c(Nc3c(F)cc(Cl)cc3F)nc3cnc(N[C@H]4CCC[C@H](O)C4)nc32)CC1. The van der Waals surface area contributed by atoms with Gasteiger partial charge in [-0.15, -0.1) is 0 Å². The molecule has 2 fully saturated rings. The van der Waals surface area contributed by atoms with Crippen molar-refractivity contribution in [3.63, 3.8) is 0 Å².